The van der Waals surface area contributed by atoms with Crippen molar-refractivity contribution >= 4 is 17.7 Å². The van der Waals surface area contributed by atoms with Crippen LogP contribution in [0.1, 0.15) is 29.8 Å². The number of amides is 1. The Balaban J connectivity index is 1.58. The summed E-state index contributed by atoms with van der Waals surface area (Å²) in [6, 6.07) is 7.04. The fourth-order valence-corrected chi connectivity index (χ4v) is 3.75. The van der Waals surface area contributed by atoms with Gasteiger partial charge in [0.05, 0.1) is 11.4 Å². The first-order valence-electron chi connectivity index (χ1n) is 9.05. The average Bonchev–Trinajstić information content (AvgIpc) is 3.39. The first kappa shape index (κ1) is 18.9. The van der Waals surface area contributed by atoms with Crippen LogP contribution in [-0.2, 0) is 4.79 Å². The van der Waals surface area contributed by atoms with E-state index in [0.29, 0.717) is 12.3 Å². The molecule has 7 heteroatoms. The van der Waals surface area contributed by atoms with Crippen LogP contribution in [0.2, 0.25) is 0 Å². The van der Waals surface area contributed by atoms with Gasteiger partial charge in [-0.05, 0) is 57.9 Å². The highest BCUT2D eigenvalue weighted by atomic mass is 32.2. The van der Waals surface area contributed by atoms with Crippen molar-refractivity contribution in [3.05, 3.63) is 35.2 Å². The number of nitrogens with one attached hydrogen (secondary N) is 1. The molecule has 6 nitrogen and oxygen atoms in total. The zero-order valence-corrected chi connectivity index (χ0v) is 16.8. The number of thioether (sulfide) groups is 1. The Labute approximate surface area is 159 Å². The molecule has 1 N–H and O–H groups in total. The largest absolute Gasteiger partial charge is 0.354 e. The molecule has 0 radical (unpaired) electrons. The molecule has 0 saturated heterocycles. The monoisotopic (exact) mass is 373 g/mol. The molecule has 1 saturated carbocycles. The molecule has 26 heavy (non-hydrogen) atoms. The lowest BCUT2D eigenvalue weighted by Gasteiger charge is -2.15. The SMILES string of the molecule is Cc1ccc(C)c(-n2c(C)nnc2SCC(=O)NCCN(C)C2CC2)c1. The summed E-state index contributed by atoms with van der Waals surface area (Å²) in [6.45, 7) is 7.67. The van der Waals surface area contributed by atoms with Gasteiger partial charge in [0, 0.05) is 19.1 Å². The van der Waals surface area contributed by atoms with Gasteiger partial charge in [-0.1, -0.05) is 23.9 Å². The zero-order chi connectivity index (χ0) is 18.7. The molecular weight excluding hydrogens is 346 g/mol. The van der Waals surface area contributed by atoms with Crippen LogP contribution in [-0.4, -0.2) is 57.5 Å². The van der Waals surface area contributed by atoms with Gasteiger partial charge in [0.15, 0.2) is 5.16 Å². The van der Waals surface area contributed by atoms with E-state index in [2.05, 4.69) is 59.5 Å². The molecule has 0 atom stereocenters. The molecule has 2 aromatic rings. The molecule has 0 aliphatic heterocycles. The number of hydrogen-bond acceptors (Lipinski definition) is 5. The van der Waals surface area contributed by atoms with E-state index in [4.69, 9.17) is 0 Å². The molecule has 1 amide bonds. The van der Waals surface area contributed by atoms with E-state index in [0.717, 1.165) is 34.8 Å². The lowest BCUT2D eigenvalue weighted by atomic mass is 10.1. The number of carbonyl (C=O) groups is 1. The smallest absolute Gasteiger partial charge is 0.230 e. The van der Waals surface area contributed by atoms with Crippen molar-refractivity contribution < 1.29 is 4.79 Å². The van der Waals surface area contributed by atoms with Crippen LogP contribution in [0.4, 0.5) is 0 Å². The van der Waals surface area contributed by atoms with E-state index in [1.54, 1.807) is 0 Å². The Morgan fingerprint density at radius 2 is 2.08 bits per heavy atom. The third-order valence-electron chi connectivity index (χ3n) is 4.69. The molecule has 1 aliphatic carbocycles. The van der Waals surface area contributed by atoms with Crippen molar-refractivity contribution in [2.45, 2.75) is 44.8 Å². The van der Waals surface area contributed by atoms with E-state index < -0.39 is 0 Å². The van der Waals surface area contributed by atoms with Gasteiger partial charge in [-0.3, -0.25) is 9.36 Å². The van der Waals surface area contributed by atoms with Gasteiger partial charge < -0.3 is 10.2 Å². The zero-order valence-electron chi connectivity index (χ0n) is 16.0. The molecule has 3 rings (SSSR count). The second-order valence-electron chi connectivity index (χ2n) is 7.01. The van der Waals surface area contributed by atoms with E-state index in [9.17, 15) is 4.79 Å². The maximum Gasteiger partial charge on any atom is 0.230 e. The Hall–Kier alpha value is -1.86. The van der Waals surface area contributed by atoms with Gasteiger partial charge in [0.2, 0.25) is 5.91 Å². The number of benzene rings is 1. The number of hydrogen-bond donors (Lipinski definition) is 1. The summed E-state index contributed by atoms with van der Waals surface area (Å²) in [5.41, 5.74) is 3.42. The predicted octanol–water partition coefficient (Wildman–Crippen LogP) is 2.50. The lowest BCUT2D eigenvalue weighted by Crippen LogP contribution is -2.34. The lowest BCUT2D eigenvalue weighted by molar-refractivity contribution is -0.118. The fourth-order valence-electron chi connectivity index (χ4n) is 2.92. The summed E-state index contributed by atoms with van der Waals surface area (Å²) in [6.07, 6.45) is 2.57. The maximum atomic E-state index is 12.2. The van der Waals surface area contributed by atoms with Crippen LogP contribution in [0.5, 0.6) is 0 Å². The Bertz CT molecular complexity index is 784. The van der Waals surface area contributed by atoms with Crippen molar-refractivity contribution in [2.75, 3.05) is 25.9 Å². The van der Waals surface area contributed by atoms with E-state index in [1.165, 1.54) is 30.2 Å². The topological polar surface area (TPSA) is 63.1 Å². The highest BCUT2D eigenvalue weighted by Crippen LogP contribution is 2.25. The molecule has 0 unspecified atom stereocenters. The van der Waals surface area contributed by atoms with Crippen LogP contribution in [0, 0.1) is 20.8 Å². The summed E-state index contributed by atoms with van der Waals surface area (Å²) in [5, 5.41) is 12.2. The number of carbonyl (C=O) groups excluding carboxylic acids is 1. The highest BCUT2D eigenvalue weighted by Gasteiger charge is 2.25. The molecule has 1 fully saturated rings. The maximum absolute atomic E-state index is 12.2. The number of aromatic nitrogens is 3. The third kappa shape index (κ3) is 4.65. The van der Waals surface area contributed by atoms with Crippen LogP contribution >= 0.6 is 11.8 Å². The van der Waals surface area contributed by atoms with Crippen LogP contribution in [0.25, 0.3) is 5.69 Å². The van der Waals surface area contributed by atoms with Crippen molar-refractivity contribution in [3.8, 4) is 5.69 Å². The van der Waals surface area contributed by atoms with Crippen molar-refractivity contribution in [3.63, 3.8) is 0 Å². The minimum Gasteiger partial charge on any atom is -0.354 e. The normalized spacial score (nSPS) is 14.0. The summed E-state index contributed by atoms with van der Waals surface area (Å²) in [4.78, 5) is 14.5. The molecule has 1 aliphatic rings. The van der Waals surface area contributed by atoms with Crippen LogP contribution < -0.4 is 5.32 Å². The molecule has 140 valence electrons. The molecule has 0 bridgehead atoms. The number of likely N-dealkylation sites (N-methyl/N-ethyl adjacent to an activating group) is 1. The van der Waals surface area contributed by atoms with Gasteiger partial charge in [0.1, 0.15) is 5.82 Å². The average molecular weight is 374 g/mol. The van der Waals surface area contributed by atoms with E-state index in [-0.39, 0.29) is 5.91 Å². The number of nitrogens with zero attached hydrogens (tertiary/aromatic N) is 4. The van der Waals surface area contributed by atoms with Gasteiger partial charge in [-0.15, -0.1) is 10.2 Å². The van der Waals surface area contributed by atoms with Gasteiger partial charge in [-0.2, -0.15) is 0 Å². The van der Waals surface area contributed by atoms with Gasteiger partial charge in [0.25, 0.3) is 0 Å². The van der Waals surface area contributed by atoms with Crippen LogP contribution in [0.15, 0.2) is 23.4 Å². The molecule has 1 heterocycles. The predicted molar refractivity (Wildman–Crippen MR) is 105 cm³/mol. The minimum atomic E-state index is 0.0346. The Morgan fingerprint density at radius 3 is 2.81 bits per heavy atom. The van der Waals surface area contributed by atoms with Crippen molar-refractivity contribution in [1.82, 2.24) is 25.0 Å². The molecular formula is C19H27N5OS. The number of aryl methyl sites for hydroxylation is 3. The van der Waals surface area contributed by atoms with Crippen LogP contribution in [0.3, 0.4) is 0 Å². The van der Waals surface area contributed by atoms with Gasteiger partial charge >= 0.3 is 0 Å². The molecule has 0 spiro atoms. The standard InChI is InChI=1S/C19H27N5OS/c1-13-5-6-14(2)17(11-13)24-15(3)21-22-19(24)26-12-18(25)20-9-10-23(4)16-7-8-16/h5-6,11,16H,7-10,12H2,1-4H3,(H,20,25). The van der Waals surface area contributed by atoms with E-state index in [1.807, 2.05) is 11.5 Å². The number of rotatable bonds is 8. The minimum absolute atomic E-state index is 0.0346. The highest BCUT2D eigenvalue weighted by molar-refractivity contribution is 7.99. The summed E-state index contributed by atoms with van der Waals surface area (Å²) < 4.78 is 2.03. The Morgan fingerprint density at radius 1 is 1.31 bits per heavy atom. The summed E-state index contributed by atoms with van der Waals surface area (Å²) >= 11 is 1.43. The second-order valence-corrected chi connectivity index (χ2v) is 7.95. The molecule has 1 aromatic heterocycles. The third-order valence-corrected chi connectivity index (χ3v) is 5.62. The summed E-state index contributed by atoms with van der Waals surface area (Å²) in [5.74, 6) is 1.20. The fraction of sp³-hybridized carbons (Fsp3) is 0.526. The quantitative estimate of drug-likeness (QED) is 0.721. The van der Waals surface area contributed by atoms with Crippen molar-refractivity contribution in [1.29, 1.82) is 0 Å². The second kappa shape index (κ2) is 8.22. The van der Waals surface area contributed by atoms with Gasteiger partial charge in [-0.25, -0.2) is 0 Å². The van der Waals surface area contributed by atoms with E-state index >= 15 is 0 Å². The summed E-state index contributed by atoms with van der Waals surface area (Å²) in [7, 11) is 2.12. The first-order valence-corrected chi connectivity index (χ1v) is 10.0. The Kier molecular flexibility index (Phi) is 5.98. The first-order chi connectivity index (χ1) is 12.5. The molecule has 1 aromatic carbocycles. The van der Waals surface area contributed by atoms with Crippen molar-refractivity contribution in [2.24, 2.45) is 0 Å².